The number of Topliss-reactive ketones (excluding diaryl/α,β-unsaturated/α-hetero) is 2. The third-order valence-corrected chi connectivity index (χ3v) is 18.7. The van der Waals surface area contributed by atoms with Crippen molar-refractivity contribution < 1.29 is 85.9 Å². The molecule has 2 aromatic heterocycles. The van der Waals surface area contributed by atoms with Crippen LogP contribution in [0.2, 0.25) is 10.0 Å². The Kier molecular flexibility index (Phi) is 31.9. The summed E-state index contributed by atoms with van der Waals surface area (Å²) in [7, 11) is 3.40. The van der Waals surface area contributed by atoms with Crippen molar-refractivity contribution in [3.05, 3.63) is 183 Å². The Morgan fingerprint density at radius 2 is 0.897 bits per heavy atom. The molecule has 2 aliphatic rings. The predicted octanol–water partition coefficient (Wildman–Crippen LogP) is 11.2. The van der Waals surface area contributed by atoms with E-state index in [1.807, 2.05) is 41.5 Å². The first-order valence-electron chi connectivity index (χ1n) is 32.3. The van der Waals surface area contributed by atoms with Crippen LogP contribution in [0.4, 0.5) is 17.6 Å². The fraction of sp³-hybridized carbons (Fsp3) is 0.486. The number of esters is 1. The molecule has 2 unspecified atom stereocenters. The third kappa shape index (κ3) is 21.6. The van der Waals surface area contributed by atoms with Gasteiger partial charge in [0.15, 0.2) is 11.6 Å². The van der Waals surface area contributed by atoms with Gasteiger partial charge in [0.1, 0.15) is 23.3 Å². The summed E-state index contributed by atoms with van der Waals surface area (Å²) in [6.07, 6.45) is 4.79. The average molecular weight is 1380 g/mol. The number of aliphatic carboxylic acids is 1. The molecular weight excluding hydrogens is 1290 g/mol. The maximum atomic E-state index is 15.9. The molecule has 16 nitrogen and oxygen atoms in total. The number of benzene rings is 4. The van der Waals surface area contributed by atoms with Crippen molar-refractivity contribution in [3.63, 3.8) is 0 Å². The van der Waals surface area contributed by atoms with Gasteiger partial charge in [0.2, 0.25) is 0 Å². The Balaban J connectivity index is 0.000000400. The number of hydrogen-bond donors (Lipinski definition) is 1. The summed E-state index contributed by atoms with van der Waals surface area (Å²) in [6.45, 7) is 25.4. The van der Waals surface area contributed by atoms with Gasteiger partial charge in [-0.15, -0.1) is 0 Å². The van der Waals surface area contributed by atoms with Gasteiger partial charge in [0.05, 0.1) is 53.8 Å². The minimum Gasteiger partial charge on any atom is -0.870 e. The van der Waals surface area contributed by atoms with E-state index < -0.39 is 59.7 Å². The van der Waals surface area contributed by atoms with Crippen molar-refractivity contribution in [1.29, 1.82) is 0 Å². The maximum Gasteiger partial charge on any atom is 1.00 e. The molecule has 0 radical (unpaired) electrons. The van der Waals surface area contributed by atoms with E-state index >= 15 is 8.78 Å². The van der Waals surface area contributed by atoms with E-state index in [4.69, 9.17) is 37.4 Å². The molecule has 2 aliphatic heterocycles. The number of methoxy groups -OCH3 is 2. The van der Waals surface area contributed by atoms with E-state index in [9.17, 15) is 42.7 Å². The normalized spacial score (nSPS) is 14.6. The summed E-state index contributed by atoms with van der Waals surface area (Å²) in [4.78, 5) is 84.6. The Morgan fingerprint density at radius 3 is 1.22 bits per heavy atom. The second-order valence-corrected chi connectivity index (χ2v) is 27.2. The molecule has 4 aromatic carbocycles. The number of ether oxygens (including phenoxy) is 3. The second-order valence-electron chi connectivity index (χ2n) is 26.4. The summed E-state index contributed by atoms with van der Waals surface area (Å²) in [5.74, 6) is -6.67. The molecule has 524 valence electrons. The van der Waals surface area contributed by atoms with Gasteiger partial charge in [-0.05, 0) is 212 Å². The number of nitrogens with zero attached hydrogens (tertiary/aromatic N) is 4. The Labute approximate surface area is 588 Å². The van der Waals surface area contributed by atoms with Crippen LogP contribution in [0.15, 0.2) is 82.6 Å². The van der Waals surface area contributed by atoms with E-state index in [0.717, 1.165) is 61.5 Å². The SMILES string of the molecule is CCOC(=O)C[C@H](CC(=O)C(CC(C)C)n1cc(CCN2CC(OC)C2)c(C)cc1=O)c1cc(-c2c(C)cc(F)cc2C)cc(Cl)c1F.COC1CN(CCc2cn(C(CC(C)C)C(=O)C[C@@H](CC(=O)O)c3cc(-c4c(C)cc(F)cc4C)cc(Cl)c3F)c(=O)cc2C)C1.[Li+].[OH-].[OH-]. The number of aromatic nitrogens is 2. The molecule has 0 aliphatic carbocycles. The summed E-state index contributed by atoms with van der Waals surface area (Å²) in [5.41, 5.74) is 7.94. The number of halogens is 6. The van der Waals surface area contributed by atoms with E-state index in [0.29, 0.717) is 70.2 Å². The number of rotatable bonds is 29. The topological polar surface area (TPSA) is 227 Å². The van der Waals surface area contributed by atoms with E-state index in [1.54, 1.807) is 73.4 Å². The van der Waals surface area contributed by atoms with Gasteiger partial charge in [-0.3, -0.25) is 38.6 Å². The van der Waals surface area contributed by atoms with Crippen LogP contribution >= 0.6 is 23.2 Å². The molecule has 0 amide bonds. The van der Waals surface area contributed by atoms with Gasteiger partial charge in [-0.1, -0.05) is 50.9 Å². The number of aryl methyl sites for hydroxylation is 6. The molecule has 23 heteroatoms. The van der Waals surface area contributed by atoms with Gasteiger partial charge >= 0.3 is 30.8 Å². The number of carboxylic acids is 1. The molecular formula is C74H92Cl2F4LiN4O12-. The number of carboxylic acid groups (broad SMARTS) is 1. The molecule has 4 atom stereocenters. The molecule has 2 saturated heterocycles. The van der Waals surface area contributed by atoms with Crippen LogP contribution in [0.3, 0.4) is 0 Å². The summed E-state index contributed by atoms with van der Waals surface area (Å²) in [5, 5.41) is 9.42. The van der Waals surface area contributed by atoms with Crippen molar-refractivity contribution in [2.45, 2.75) is 164 Å². The Bertz CT molecular complexity index is 3820. The number of carbonyl (C=O) groups is 4. The minimum absolute atomic E-state index is 0. The minimum atomic E-state index is -1.20. The zero-order valence-electron chi connectivity index (χ0n) is 58.2. The summed E-state index contributed by atoms with van der Waals surface area (Å²) >= 11 is 12.8. The quantitative estimate of drug-likeness (QED) is 0.0262. The van der Waals surface area contributed by atoms with Crippen molar-refractivity contribution in [1.82, 2.24) is 18.9 Å². The summed E-state index contributed by atoms with van der Waals surface area (Å²) in [6, 6.07) is 12.9. The van der Waals surface area contributed by atoms with Crippen molar-refractivity contribution >= 4 is 46.7 Å². The van der Waals surface area contributed by atoms with Crippen LogP contribution in [-0.4, -0.2) is 131 Å². The summed E-state index contributed by atoms with van der Waals surface area (Å²) < 4.78 is 78.7. The predicted molar refractivity (Wildman–Crippen MR) is 364 cm³/mol. The molecule has 2 fully saturated rings. The van der Waals surface area contributed by atoms with Crippen LogP contribution in [0.1, 0.15) is 153 Å². The van der Waals surface area contributed by atoms with E-state index in [-0.39, 0.29) is 129 Å². The monoisotopic (exact) mass is 1380 g/mol. The largest absolute Gasteiger partial charge is 1.00 e. The number of likely N-dealkylation sites (tertiary alicyclic amines) is 2. The van der Waals surface area contributed by atoms with Crippen LogP contribution < -0.4 is 30.0 Å². The number of hydrogen-bond acceptors (Lipinski definition) is 13. The molecule has 3 N–H and O–H groups in total. The second kappa shape index (κ2) is 37.2. The first kappa shape index (κ1) is 83.1. The maximum absolute atomic E-state index is 15.9. The fourth-order valence-corrected chi connectivity index (χ4v) is 13.6. The number of pyridine rings is 2. The number of ketones is 2. The first-order chi connectivity index (χ1) is 44.4. The zero-order valence-corrected chi connectivity index (χ0v) is 59.7. The fourth-order valence-electron chi connectivity index (χ4n) is 13.2. The number of carbonyl (C=O) groups excluding carboxylic acids is 3. The molecule has 0 bridgehead atoms. The van der Waals surface area contributed by atoms with Crippen molar-refractivity contribution in [2.75, 3.05) is 60.1 Å². The van der Waals surface area contributed by atoms with E-state index in [1.165, 1.54) is 57.7 Å². The molecule has 97 heavy (non-hydrogen) atoms. The Hall–Kier alpha value is -6.28. The molecule has 0 saturated carbocycles. The van der Waals surface area contributed by atoms with Gasteiger partial charge in [-0.2, -0.15) is 0 Å². The van der Waals surface area contributed by atoms with Gasteiger partial charge < -0.3 is 39.4 Å². The van der Waals surface area contributed by atoms with Crippen molar-refractivity contribution in [3.8, 4) is 22.3 Å². The van der Waals surface area contributed by atoms with Gasteiger partial charge in [0, 0.05) is 103 Å². The van der Waals surface area contributed by atoms with Crippen molar-refractivity contribution in [2.24, 2.45) is 11.8 Å². The molecule has 6 aromatic rings. The first-order valence-corrected chi connectivity index (χ1v) is 33.0. The Morgan fingerprint density at radius 1 is 0.546 bits per heavy atom. The van der Waals surface area contributed by atoms with Crippen LogP contribution in [0.25, 0.3) is 22.3 Å². The van der Waals surface area contributed by atoms with Crippen LogP contribution in [0.5, 0.6) is 0 Å². The molecule has 4 heterocycles. The zero-order chi connectivity index (χ0) is 69.2. The smallest absolute Gasteiger partial charge is 0.870 e. The van der Waals surface area contributed by atoms with Crippen LogP contribution in [-0.2, 0) is 46.2 Å². The third-order valence-electron chi connectivity index (χ3n) is 18.1. The van der Waals surface area contributed by atoms with Gasteiger partial charge in [0.25, 0.3) is 11.1 Å². The van der Waals surface area contributed by atoms with E-state index in [2.05, 4.69) is 9.80 Å². The van der Waals surface area contributed by atoms with Crippen LogP contribution in [0, 0.1) is 76.6 Å². The molecule has 8 rings (SSSR count). The van der Waals surface area contributed by atoms with Gasteiger partial charge in [-0.25, -0.2) is 17.6 Å². The average Bonchev–Trinajstić information content (AvgIpc) is 0.794. The standard InChI is InChI=1S/C38H47ClF2N2O5.C36H43ClF2N2O5.Li.2H2O/c1-8-48-36(46)18-27(31-15-28(16-32(39)38(31)41)37-24(5)12-29(40)13-25(37)6)17-34(44)33(11-22(2)3)43-19-26(23(4)14-35(43)45)9-10-42-20-30(21-42)47-7;1-20(2)9-31(41-17-24(21(3)12-33(41)43)7-8-40-18-28(19-40)46-6)32(42)15-25(16-34(44)45)29-13-26(14-30(37)36(29)39)35-22(4)10-27(38)11-23(35)5;;;/h12-16,19,22,27,30,33H,8-11,17-18,20-21H2,1-7H3;10-14,17,20,25,28,31H,7-9,15-16,18-19H2,1-6H3,(H,44,45);;2*1H2/q;;+1;;/p-2/t27-,33?;25-,31?;;;/m00.../s1. The molecule has 0 spiro atoms.